The standard InChI is InChI=1S/C23H28O2/c1-23(2,19-7-11-21(12-8-19)24-15-17-3-4-17)20-9-13-22(14-10-20)25-16-18-5-6-18/h7-14,17-18H,3-6,15-16H2,1-2H3. The fourth-order valence-electron chi connectivity index (χ4n) is 3.10. The molecule has 0 saturated heterocycles. The Bertz CT molecular complexity index is 630. The highest BCUT2D eigenvalue weighted by Crippen LogP contribution is 2.35. The Morgan fingerprint density at radius 2 is 1.04 bits per heavy atom. The molecule has 0 radical (unpaired) electrons. The van der Waals surface area contributed by atoms with E-state index in [1.807, 2.05) is 0 Å². The molecular weight excluding hydrogens is 308 g/mol. The lowest BCUT2D eigenvalue weighted by molar-refractivity contribution is 0.299. The van der Waals surface area contributed by atoms with E-state index in [9.17, 15) is 0 Å². The van der Waals surface area contributed by atoms with Crippen LogP contribution in [0.2, 0.25) is 0 Å². The Hall–Kier alpha value is -1.96. The zero-order valence-electron chi connectivity index (χ0n) is 15.3. The van der Waals surface area contributed by atoms with E-state index >= 15 is 0 Å². The highest BCUT2D eigenvalue weighted by Gasteiger charge is 2.25. The molecular formula is C23H28O2. The molecule has 2 heteroatoms. The van der Waals surface area contributed by atoms with Crippen LogP contribution >= 0.6 is 0 Å². The largest absolute Gasteiger partial charge is 0.493 e. The molecule has 25 heavy (non-hydrogen) atoms. The lowest BCUT2D eigenvalue weighted by Gasteiger charge is -2.26. The van der Waals surface area contributed by atoms with E-state index in [1.54, 1.807) is 0 Å². The third-order valence-electron chi connectivity index (χ3n) is 5.52. The minimum atomic E-state index is -0.0377. The van der Waals surface area contributed by atoms with Crippen molar-refractivity contribution >= 4 is 0 Å². The van der Waals surface area contributed by atoms with Crippen molar-refractivity contribution in [2.24, 2.45) is 11.8 Å². The van der Waals surface area contributed by atoms with E-state index in [2.05, 4.69) is 62.4 Å². The molecule has 2 fully saturated rings. The van der Waals surface area contributed by atoms with Gasteiger partial charge in [0.15, 0.2) is 0 Å². The minimum absolute atomic E-state index is 0.0377. The molecule has 0 heterocycles. The molecule has 0 bridgehead atoms. The summed E-state index contributed by atoms with van der Waals surface area (Å²) in [4.78, 5) is 0. The van der Waals surface area contributed by atoms with Gasteiger partial charge in [0.25, 0.3) is 0 Å². The van der Waals surface area contributed by atoms with Gasteiger partial charge < -0.3 is 9.47 Å². The van der Waals surface area contributed by atoms with Crippen LogP contribution in [-0.4, -0.2) is 13.2 Å². The number of rotatable bonds is 8. The Kier molecular flexibility index (Phi) is 4.45. The van der Waals surface area contributed by atoms with E-state index in [4.69, 9.17) is 9.47 Å². The van der Waals surface area contributed by atoms with Crippen LogP contribution in [0.5, 0.6) is 11.5 Å². The molecule has 0 aliphatic heterocycles. The van der Waals surface area contributed by atoms with Crippen LogP contribution in [0.4, 0.5) is 0 Å². The highest BCUT2D eigenvalue weighted by atomic mass is 16.5. The molecule has 0 unspecified atom stereocenters. The summed E-state index contributed by atoms with van der Waals surface area (Å²) >= 11 is 0. The van der Waals surface area contributed by atoms with Crippen LogP contribution < -0.4 is 9.47 Å². The second kappa shape index (κ2) is 6.74. The Labute approximate surface area is 151 Å². The molecule has 132 valence electrons. The molecule has 2 aromatic rings. The van der Waals surface area contributed by atoms with E-state index in [1.165, 1.54) is 36.8 Å². The first-order valence-electron chi connectivity index (χ1n) is 9.58. The summed E-state index contributed by atoms with van der Waals surface area (Å²) in [5, 5.41) is 0. The van der Waals surface area contributed by atoms with Gasteiger partial charge in [0.2, 0.25) is 0 Å². The summed E-state index contributed by atoms with van der Waals surface area (Å²) in [6.45, 7) is 6.27. The number of hydrogen-bond acceptors (Lipinski definition) is 2. The van der Waals surface area contributed by atoms with Crippen molar-refractivity contribution < 1.29 is 9.47 Å². The first-order valence-corrected chi connectivity index (χ1v) is 9.58. The normalized spacial score (nSPS) is 17.4. The summed E-state index contributed by atoms with van der Waals surface area (Å²) < 4.78 is 11.7. The maximum absolute atomic E-state index is 5.85. The van der Waals surface area contributed by atoms with Crippen LogP contribution in [0.1, 0.15) is 50.7 Å². The van der Waals surface area contributed by atoms with Crippen molar-refractivity contribution in [3.63, 3.8) is 0 Å². The summed E-state index contributed by atoms with van der Waals surface area (Å²) in [6, 6.07) is 17.2. The van der Waals surface area contributed by atoms with Gasteiger partial charge in [0, 0.05) is 5.41 Å². The fourth-order valence-corrected chi connectivity index (χ4v) is 3.10. The number of benzene rings is 2. The SMILES string of the molecule is CC(C)(c1ccc(OCC2CC2)cc1)c1ccc(OCC2CC2)cc1. The third-order valence-corrected chi connectivity index (χ3v) is 5.52. The van der Waals surface area contributed by atoms with Gasteiger partial charge in [-0.2, -0.15) is 0 Å². The van der Waals surface area contributed by atoms with Gasteiger partial charge in [0.1, 0.15) is 11.5 Å². The minimum Gasteiger partial charge on any atom is -0.493 e. The smallest absolute Gasteiger partial charge is 0.119 e. The maximum Gasteiger partial charge on any atom is 0.119 e. The van der Waals surface area contributed by atoms with Crippen molar-refractivity contribution in [1.29, 1.82) is 0 Å². The zero-order chi connectivity index (χ0) is 17.3. The third kappa shape index (κ3) is 4.18. The van der Waals surface area contributed by atoms with E-state index in [0.717, 1.165) is 36.5 Å². The van der Waals surface area contributed by atoms with Crippen LogP contribution in [0, 0.1) is 11.8 Å². The molecule has 2 aliphatic rings. The fraction of sp³-hybridized carbons (Fsp3) is 0.478. The Morgan fingerprint density at radius 3 is 1.36 bits per heavy atom. The maximum atomic E-state index is 5.85. The topological polar surface area (TPSA) is 18.5 Å². The average Bonchev–Trinajstić information content (AvgIpc) is 3.54. The second-order valence-electron chi connectivity index (χ2n) is 8.18. The van der Waals surface area contributed by atoms with Crippen molar-refractivity contribution in [2.75, 3.05) is 13.2 Å². The van der Waals surface area contributed by atoms with Crippen molar-refractivity contribution in [1.82, 2.24) is 0 Å². The van der Waals surface area contributed by atoms with Crippen molar-refractivity contribution in [3.05, 3.63) is 59.7 Å². The monoisotopic (exact) mass is 336 g/mol. The van der Waals surface area contributed by atoms with Crippen LogP contribution in [0.15, 0.2) is 48.5 Å². The van der Waals surface area contributed by atoms with Gasteiger partial charge in [0.05, 0.1) is 13.2 Å². The first kappa shape index (κ1) is 16.5. The predicted octanol–water partition coefficient (Wildman–Crippen LogP) is 5.59. The first-order chi connectivity index (χ1) is 12.1. The quantitative estimate of drug-likeness (QED) is 0.625. The highest BCUT2D eigenvalue weighted by molar-refractivity contribution is 5.41. The van der Waals surface area contributed by atoms with Gasteiger partial charge >= 0.3 is 0 Å². The predicted molar refractivity (Wildman–Crippen MR) is 101 cm³/mol. The number of ether oxygens (including phenoxy) is 2. The molecule has 0 aromatic heterocycles. The summed E-state index contributed by atoms with van der Waals surface area (Å²) in [6.07, 6.45) is 5.30. The lowest BCUT2D eigenvalue weighted by atomic mass is 9.78. The van der Waals surface area contributed by atoms with Gasteiger partial charge in [-0.1, -0.05) is 38.1 Å². The van der Waals surface area contributed by atoms with Gasteiger partial charge in [-0.15, -0.1) is 0 Å². The van der Waals surface area contributed by atoms with Crippen LogP contribution in [0.3, 0.4) is 0 Å². The van der Waals surface area contributed by atoms with Gasteiger partial charge in [-0.05, 0) is 72.9 Å². The summed E-state index contributed by atoms with van der Waals surface area (Å²) in [5.74, 6) is 3.54. The molecule has 0 spiro atoms. The van der Waals surface area contributed by atoms with Crippen molar-refractivity contribution in [3.8, 4) is 11.5 Å². The van der Waals surface area contributed by atoms with Crippen molar-refractivity contribution in [2.45, 2.75) is 44.9 Å². The summed E-state index contributed by atoms with van der Waals surface area (Å²) in [5.41, 5.74) is 2.57. The second-order valence-corrected chi connectivity index (χ2v) is 8.18. The molecule has 4 rings (SSSR count). The average molecular weight is 336 g/mol. The zero-order valence-corrected chi connectivity index (χ0v) is 15.3. The molecule has 0 atom stereocenters. The Balaban J connectivity index is 1.41. The van der Waals surface area contributed by atoms with E-state index in [0.29, 0.717) is 0 Å². The molecule has 0 N–H and O–H groups in total. The van der Waals surface area contributed by atoms with E-state index < -0.39 is 0 Å². The molecule has 2 nitrogen and oxygen atoms in total. The van der Waals surface area contributed by atoms with Gasteiger partial charge in [-0.3, -0.25) is 0 Å². The van der Waals surface area contributed by atoms with Crippen LogP contribution in [0.25, 0.3) is 0 Å². The van der Waals surface area contributed by atoms with Gasteiger partial charge in [-0.25, -0.2) is 0 Å². The molecule has 0 amide bonds. The van der Waals surface area contributed by atoms with Crippen LogP contribution in [-0.2, 0) is 5.41 Å². The summed E-state index contributed by atoms with van der Waals surface area (Å²) in [7, 11) is 0. The Morgan fingerprint density at radius 1 is 0.680 bits per heavy atom. The number of hydrogen-bond donors (Lipinski definition) is 0. The molecule has 2 saturated carbocycles. The molecule has 2 aromatic carbocycles. The van der Waals surface area contributed by atoms with E-state index in [-0.39, 0.29) is 5.41 Å². The molecule has 2 aliphatic carbocycles. The lowest BCUT2D eigenvalue weighted by Crippen LogP contribution is -2.18.